The fourth-order valence-corrected chi connectivity index (χ4v) is 5.07. The van der Waals surface area contributed by atoms with Crippen LogP contribution in [0.5, 0.6) is 0 Å². The monoisotopic (exact) mass is 311 g/mol. The predicted octanol–water partition coefficient (Wildman–Crippen LogP) is 1.25. The SMILES string of the molecule is Cc1nc(S(=O)(=O)C2CC3CCCCC3NC2=O)[nH]c1C. The van der Waals surface area contributed by atoms with Gasteiger partial charge in [-0.1, -0.05) is 12.8 Å². The van der Waals surface area contributed by atoms with Gasteiger partial charge in [0.1, 0.15) is 5.25 Å². The normalized spacial score (nSPS) is 29.8. The summed E-state index contributed by atoms with van der Waals surface area (Å²) in [5.74, 6) is -0.0989. The number of rotatable bonds is 2. The largest absolute Gasteiger partial charge is 0.352 e. The molecule has 1 aromatic rings. The Labute approximate surface area is 124 Å². The molecule has 3 atom stereocenters. The highest BCUT2D eigenvalue weighted by molar-refractivity contribution is 7.92. The number of hydrogen-bond donors (Lipinski definition) is 2. The summed E-state index contributed by atoms with van der Waals surface area (Å²) in [5, 5.41) is 1.82. The number of carbonyl (C=O) groups is 1. The van der Waals surface area contributed by atoms with Gasteiger partial charge in [-0.3, -0.25) is 4.79 Å². The molecule has 2 heterocycles. The van der Waals surface area contributed by atoms with Crippen LogP contribution in [0.1, 0.15) is 43.5 Å². The minimum atomic E-state index is -3.74. The second-order valence-corrected chi connectivity index (χ2v) is 8.23. The van der Waals surface area contributed by atoms with Gasteiger partial charge < -0.3 is 10.3 Å². The van der Waals surface area contributed by atoms with E-state index in [-0.39, 0.29) is 23.0 Å². The van der Waals surface area contributed by atoms with Crippen LogP contribution in [0.15, 0.2) is 5.16 Å². The lowest BCUT2D eigenvalue weighted by atomic mass is 9.79. The van der Waals surface area contributed by atoms with Gasteiger partial charge in [-0.2, -0.15) is 0 Å². The van der Waals surface area contributed by atoms with E-state index in [1.165, 1.54) is 0 Å². The molecule has 0 aromatic carbocycles. The van der Waals surface area contributed by atoms with E-state index in [0.29, 0.717) is 12.1 Å². The molecule has 0 spiro atoms. The number of nitrogens with zero attached hydrogens (tertiary/aromatic N) is 1. The summed E-state index contributed by atoms with van der Waals surface area (Å²) in [5.41, 5.74) is 1.38. The third-order valence-electron chi connectivity index (χ3n) is 4.80. The van der Waals surface area contributed by atoms with Gasteiger partial charge in [-0.15, -0.1) is 0 Å². The molecular weight excluding hydrogens is 290 g/mol. The summed E-state index contributed by atoms with van der Waals surface area (Å²) in [6, 6.07) is 0.151. The Hall–Kier alpha value is -1.37. The average Bonchev–Trinajstić information content (AvgIpc) is 2.78. The standard InChI is InChI=1S/C14H21N3O3S/c1-8-9(2)16-14(15-8)21(19,20)12-7-10-5-3-4-6-11(10)17-13(12)18/h10-12H,3-7H2,1-2H3,(H,15,16)(H,17,18). The smallest absolute Gasteiger partial charge is 0.239 e. The molecule has 21 heavy (non-hydrogen) atoms. The van der Waals surface area contributed by atoms with Crippen molar-refractivity contribution in [2.24, 2.45) is 5.92 Å². The number of piperidine rings is 1. The van der Waals surface area contributed by atoms with Crippen LogP contribution in [0.3, 0.4) is 0 Å². The molecule has 2 N–H and O–H groups in total. The van der Waals surface area contributed by atoms with Crippen molar-refractivity contribution in [2.75, 3.05) is 0 Å². The Morgan fingerprint density at radius 3 is 2.57 bits per heavy atom. The maximum Gasteiger partial charge on any atom is 0.239 e. The Morgan fingerprint density at radius 2 is 1.90 bits per heavy atom. The molecule has 2 fully saturated rings. The van der Waals surface area contributed by atoms with Gasteiger partial charge in [0, 0.05) is 11.7 Å². The quantitative estimate of drug-likeness (QED) is 0.859. The fraction of sp³-hybridized carbons (Fsp3) is 0.714. The zero-order chi connectivity index (χ0) is 15.2. The zero-order valence-corrected chi connectivity index (χ0v) is 13.2. The molecule has 3 rings (SSSR count). The molecule has 0 bridgehead atoms. The minimum Gasteiger partial charge on any atom is -0.352 e. The third-order valence-corrected chi connectivity index (χ3v) is 6.68. The summed E-state index contributed by atoms with van der Waals surface area (Å²) in [4.78, 5) is 19.1. The van der Waals surface area contributed by atoms with Crippen LogP contribution in [0.25, 0.3) is 0 Å². The second kappa shape index (κ2) is 5.12. The number of sulfone groups is 1. The molecule has 1 amide bonds. The predicted molar refractivity (Wildman–Crippen MR) is 77.5 cm³/mol. The van der Waals surface area contributed by atoms with E-state index in [0.717, 1.165) is 31.4 Å². The molecule has 1 saturated heterocycles. The Balaban J connectivity index is 1.89. The lowest BCUT2D eigenvalue weighted by molar-refractivity contribution is -0.124. The van der Waals surface area contributed by atoms with Crippen molar-refractivity contribution < 1.29 is 13.2 Å². The van der Waals surface area contributed by atoms with Crippen molar-refractivity contribution >= 4 is 15.7 Å². The summed E-state index contributed by atoms with van der Waals surface area (Å²) in [6.07, 6.45) is 4.59. The van der Waals surface area contributed by atoms with Crippen LogP contribution >= 0.6 is 0 Å². The summed E-state index contributed by atoms with van der Waals surface area (Å²) in [6.45, 7) is 3.53. The van der Waals surface area contributed by atoms with Crippen LogP contribution in [0.2, 0.25) is 0 Å². The molecule has 3 unspecified atom stereocenters. The maximum absolute atomic E-state index is 12.7. The lowest BCUT2D eigenvalue weighted by Crippen LogP contribution is -2.55. The highest BCUT2D eigenvalue weighted by atomic mass is 32.2. The Kier molecular flexibility index (Phi) is 3.55. The molecule has 6 nitrogen and oxygen atoms in total. The van der Waals surface area contributed by atoms with Crippen molar-refractivity contribution in [1.29, 1.82) is 0 Å². The van der Waals surface area contributed by atoms with Crippen LogP contribution < -0.4 is 5.32 Å². The number of fused-ring (bicyclic) bond motifs is 1. The van der Waals surface area contributed by atoms with Crippen molar-refractivity contribution in [2.45, 2.75) is 62.4 Å². The molecular formula is C14H21N3O3S. The zero-order valence-electron chi connectivity index (χ0n) is 12.3. The average molecular weight is 311 g/mol. The summed E-state index contributed by atoms with van der Waals surface area (Å²) in [7, 11) is -3.74. The number of nitrogens with one attached hydrogen (secondary N) is 2. The van der Waals surface area contributed by atoms with Gasteiger partial charge in [0.25, 0.3) is 0 Å². The molecule has 116 valence electrons. The summed E-state index contributed by atoms with van der Waals surface area (Å²) >= 11 is 0. The van der Waals surface area contributed by atoms with Crippen molar-refractivity contribution in [1.82, 2.24) is 15.3 Å². The first-order valence-electron chi connectivity index (χ1n) is 7.47. The first-order valence-corrected chi connectivity index (χ1v) is 9.01. The molecule has 0 radical (unpaired) electrons. The third kappa shape index (κ3) is 2.47. The topological polar surface area (TPSA) is 91.9 Å². The number of H-pyrrole nitrogens is 1. The van der Waals surface area contributed by atoms with Crippen LogP contribution in [-0.4, -0.2) is 35.6 Å². The van der Waals surface area contributed by atoms with E-state index < -0.39 is 15.1 Å². The molecule has 1 aliphatic carbocycles. The Morgan fingerprint density at radius 1 is 1.19 bits per heavy atom. The number of amides is 1. The number of imidazole rings is 1. The Bertz CT molecular complexity index is 646. The second-order valence-electron chi connectivity index (χ2n) is 6.18. The van der Waals surface area contributed by atoms with Gasteiger partial charge >= 0.3 is 0 Å². The van der Waals surface area contributed by atoms with E-state index in [1.54, 1.807) is 13.8 Å². The van der Waals surface area contributed by atoms with E-state index in [9.17, 15) is 13.2 Å². The van der Waals surface area contributed by atoms with E-state index in [2.05, 4.69) is 15.3 Å². The molecule has 1 saturated carbocycles. The first-order chi connectivity index (χ1) is 9.89. The number of aryl methyl sites for hydroxylation is 2. The number of hydrogen-bond acceptors (Lipinski definition) is 4. The molecule has 1 aliphatic heterocycles. The van der Waals surface area contributed by atoms with Crippen molar-refractivity contribution in [3.05, 3.63) is 11.4 Å². The van der Waals surface area contributed by atoms with Crippen molar-refractivity contribution in [3.8, 4) is 0 Å². The van der Waals surface area contributed by atoms with E-state index in [4.69, 9.17) is 0 Å². The first kappa shape index (κ1) is 14.6. The van der Waals surface area contributed by atoms with Gasteiger partial charge in [-0.25, -0.2) is 13.4 Å². The van der Waals surface area contributed by atoms with Gasteiger partial charge in [0.2, 0.25) is 20.9 Å². The van der Waals surface area contributed by atoms with E-state index >= 15 is 0 Å². The van der Waals surface area contributed by atoms with E-state index in [1.807, 2.05) is 0 Å². The van der Waals surface area contributed by atoms with Crippen molar-refractivity contribution in [3.63, 3.8) is 0 Å². The molecule has 1 aromatic heterocycles. The van der Waals surface area contributed by atoms with Gasteiger partial charge in [0.15, 0.2) is 0 Å². The molecule has 2 aliphatic rings. The minimum absolute atomic E-state index is 0.0769. The van der Waals surface area contributed by atoms with Gasteiger partial charge in [0.05, 0.1) is 5.69 Å². The van der Waals surface area contributed by atoms with Crippen LogP contribution in [-0.2, 0) is 14.6 Å². The number of carbonyl (C=O) groups excluding carboxylic acids is 1. The highest BCUT2D eigenvalue weighted by Crippen LogP contribution is 2.34. The summed E-state index contributed by atoms with van der Waals surface area (Å²) < 4.78 is 25.4. The maximum atomic E-state index is 12.7. The highest BCUT2D eigenvalue weighted by Gasteiger charge is 2.44. The van der Waals surface area contributed by atoms with Crippen LogP contribution in [0, 0.1) is 19.8 Å². The lowest BCUT2D eigenvalue weighted by Gasteiger charge is -2.38. The van der Waals surface area contributed by atoms with Gasteiger partial charge in [-0.05, 0) is 39.0 Å². The number of aromatic amines is 1. The molecule has 7 heteroatoms. The fourth-order valence-electron chi connectivity index (χ4n) is 3.39. The van der Waals surface area contributed by atoms with Crippen LogP contribution in [0.4, 0.5) is 0 Å². The number of aromatic nitrogens is 2.